The molecule has 0 aromatic rings. The number of rotatable bonds is 5. The Morgan fingerprint density at radius 1 is 1.50 bits per heavy atom. The Bertz CT molecular complexity index is 164. The molecule has 0 aliphatic rings. The van der Waals surface area contributed by atoms with Crippen LogP contribution in [0.25, 0.3) is 0 Å². The van der Waals surface area contributed by atoms with Crippen LogP contribution in [0.15, 0.2) is 12.2 Å². The first kappa shape index (κ1) is 11.3. The van der Waals surface area contributed by atoms with E-state index in [-0.39, 0.29) is 6.61 Å². The lowest BCUT2D eigenvalue weighted by atomic mass is 9.96. The lowest BCUT2D eigenvalue weighted by molar-refractivity contribution is 0.289. The Kier molecular flexibility index (Phi) is 6.51. The second kappa shape index (κ2) is 6.94. The minimum Gasteiger partial charge on any atom is -0.396 e. The summed E-state index contributed by atoms with van der Waals surface area (Å²) in [7, 11) is 0. The molecule has 1 N–H and O–H groups in total. The van der Waals surface area contributed by atoms with Gasteiger partial charge in [-0.3, -0.25) is 0 Å². The highest BCUT2D eigenvalue weighted by molar-refractivity contribution is 4.99. The SMILES string of the molecule is C#CC(C)C(C)/C=C/CCCO. The van der Waals surface area contributed by atoms with Crippen LogP contribution in [-0.4, -0.2) is 11.7 Å². The molecule has 0 saturated heterocycles. The Hall–Kier alpha value is -0.740. The van der Waals surface area contributed by atoms with E-state index in [2.05, 4.69) is 25.0 Å². The van der Waals surface area contributed by atoms with Gasteiger partial charge < -0.3 is 5.11 Å². The molecule has 0 saturated carbocycles. The molecule has 0 aromatic heterocycles. The number of hydrogen-bond acceptors (Lipinski definition) is 1. The van der Waals surface area contributed by atoms with Gasteiger partial charge in [0.05, 0.1) is 0 Å². The second-order valence-corrected chi connectivity index (χ2v) is 3.11. The van der Waals surface area contributed by atoms with E-state index in [4.69, 9.17) is 11.5 Å². The first-order chi connectivity index (χ1) is 5.72. The number of unbranched alkanes of at least 4 members (excludes halogenated alkanes) is 1. The van der Waals surface area contributed by atoms with Crippen molar-refractivity contribution < 1.29 is 5.11 Å². The molecule has 0 heterocycles. The van der Waals surface area contributed by atoms with Crippen LogP contribution in [0.4, 0.5) is 0 Å². The summed E-state index contributed by atoms with van der Waals surface area (Å²) in [6.07, 6.45) is 11.3. The van der Waals surface area contributed by atoms with Crippen molar-refractivity contribution >= 4 is 0 Å². The maximum Gasteiger partial charge on any atom is 0.0433 e. The fourth-order valence-electron chi connectivity index (χ4n) is 0.838. The third kappa shape index (κ3) is 4.98. The van der Waals surface area contributed by atoms with Gasteiger partial charge in [-0.05, 0) is 18.8 Å². The molecule has 0 bridgehead atoms. The van der Waals surface area contributed by atoms with Gasteiger partial charge in [-0.15, -0.1) is 12.3 Å². The molecule has 0 fully saturated rings. The van der Waals surface area contributed by atoms with E-state index < -0.39 is 0 Å². The molecule has 2 unspecified atom stereocenters. The normalized spacial score (nSPS) is 15.8. The molecule has 1 heteroatoms. The van der Waals surface area contributed by atoms with Gasteiger partial charge in [-0.25, -0.2) is 0 Å². The van der Waals surface area contributed by atoms with Crippen LogP contribution in [0.2, 0.25) is 0 Å². The molecule has 0 rings (SSSR count). The zero-order valence-electron chi connectivity index (χ0n) is 7.96. The maximum atomic E-state index is 8.52. The van der Waals surface area contributed by atoms with E-state index in [1.165, 1.54) is 0 Å². The summed E-state index contributed by atoms with van der Waals surface area (Å²) in [5, 5.41) is 8.52. The fourth-order valence-corrected chi connectivity index (χ4v) is 0.838. The number of allylic oxidation sites excluding steroid dienone is 2. The van der Waals surface area contributed by atoms with Crippen LogP contribution in [0, 0.1) is 24.2 Å². The van der Waals surface area contributed by atoms with E-state index in [1.54, 1.807) is 0 Å². The van der Waals surface area contributed by atoms with E-state index >= 15 is 0 Å². The summed E-state index contributed by atoms with van der Waals surface area (Å²) < 4.78 is 0. The van der Waals surface area contributed by atoms with E-state index in [9.17, 15) is 0 Å². The molecule has 0 aliphatic heterocycles. The van der Waals surface area contributed by atoms with Crippen molar-refractivity contribution in [3.8, 4) is 12.3 Å². The van der Waals surface area contributed by atoms with Crippen molar-refractivity contribution in [3.63, 3.8) is 0 Å². The Balaban J connectivity index is 3.61. The van der Waals surface area contributed by atoms with Crippen molar-refractivity contribution in [1.82, 2.24) is 0 Å². The van der Waals surface area contributed by atoms with Crippen LogP contribution in [0.1, 0.15) is 26.7 Å². The van der Waals surface area contributed by atoms with Crippen LogP contribution in [0.5, 0.6) is 0 Å². The quantitative estimate of drug-likeness (QED) is 0.377. The summed E-state index contributed by atoms with van der Waals surface area (Å²) >= 11 is 0. The maximum absolute atomic E-state index is 8.52. The van der Waals surface area contributed by atoms with Gasteiger partial charge in [0.25, 0.3) is 0 Å². The van der Waals surface area contributed by atoms with E-state index in [1.807, 2.05) is 6.92 Å². The molecular formula is C11H18O. The smallest absolute Gasteiger partial charge is 0.0433 e. The number of aliphatic hydroxyl groups is 1. The third-order valence-electron chi connectivity index (χ3n) is 2.02. The molecule has 0 spiro atoms. The molecule has 1 nitrogen and oxygen atoms in total. The minimum absolute atomic E-state index is 0.267. The first-order valence-corrected chi connectivity index (χ1v) is 4.46. The lowest BCUT2D eigenvalue weighted by Gasteiger charge is -2.08. The van der Waals surface area contributed by atoms with Gasteiger partial charge in [0, 0.05) is 12.5 Å². The summed E-state index contributed by atoms with van der Waals surface area (Å²) in [6, 6.07) is 0. The summed E-state index contributed by atoms with van der Waals surface area (Å²) in [5.41, 5.74) is 0. The van der Waals surface area contributed by atoms with Gasteiger partial charge >= 0.3 is 0 Å². The topological polar surface area (TPSA) is 20.2 Å². The monoisotopic (exact) mass is 166 g/mol. The van der Waals surface area contributed by atoms with Gasteiger partial charge in [0.2, 0.25) is 0 Å². The number of aliphatic hydroxyl groups excluding tert-OH is 1. The van der Waals surface area contributed by atoms with E-state index in [0.717, 1.165) is 12.8 Å². The van der Waals surface area contributed by atoms with Crippen molar-refractivity contribution in [2.24, 2.45) is 11.8 Å². The number of terminal acetylenes is 1. The number of hydrogen-bond donors (Lipinski definition) is 1. The summed E-state index contributed by atoms with van der Waals surface area (Å²) in [5.74, 6) is 3.44. The zero-order valence-corrected chi connectivity index (χ0v) is 7.96. The first-order valence-electron chi connectivity index (χ1n) is 4.46. The summed E-state index contributed by atoms with van der Waals surface area (Å²) in [6.45, 7) is 4.42. The average molecular weight is 166 g/mol. The molecular weight excluding hydrogens is 148 g/mol. The third-order valence-corrected chi connectivity index (χ3v) is 2.02. The molecule has 0 amide bonds. The van der Waals surface area contributed by atoms with Crippen molar-refractivity contribution in [2.45, 2.75) is 26.7 Å². The highest BCUT2D eigenvalue weighted by Crippen LogP contribution is 2.11. The Morgan fingerprint density at radius 2 is 2.17 bits per heavy atom. The van der Waals surface area contributed by atoms with Gasteiger partial charge in [0.15, 0.2) is 0 Å². The molecule has 0 aromatic carbocycles. The zero-order chi connectivity index (χ0) is 9.40. The highest BCUT2D eigenvalue weighted by Gasteiger charge is 2.03. The molecule has 12 heavy (non-hydrogen) atoms. The lowest BCUT2D eigenvalue weighted by Crippen LogP contribution is -2.01. The minimum atomic E-state index is 0.267. The van der Waals surface area contributed by atoms with Gasteiger partial charge in [-0.2, -0.15) is 0 Å². The second-order valence-electron chi connectivity index (χ2n) is 3.11. The average Bonchev–Trinajstić information content (AvgIpc) is 2.10. The van der Waals surface area contributed by atoms with Crippen LogP contribution in [0.3, 0.4) is 0 Å². The largest absolute Gasteiger partial charge is 0.396 e. The van der Waals surface area contributed by atoms with Crippen molar-refractivity contribution in [3.05, 3.63) is 12.2 Å². The van der Waals surface area contributed by atoms with Crippen molar-refractivity contribution in [1.29, 1.82) is 0 Å². The Morgan fingerprint density at radius 3 is 2.67 bits per heavy atom. The van der Waals surface area contributed by atoms with Gasteiger partial charge in [-0.1, -0.05) is 26.0 Å². The fraction of sp³-hybridized carbons (Fsp3) is 0.636. The van der Waals surface area contributed by atoms with Crippen LogP contribution in [-0.2, 0) is 0 Å². The van der Waals surface area contributed by atoms with Crippen LogP contribution >= 0.6 is 0 Å². The molecule has 0 radical (unpaired) electrons. The summed E-state index contributed by atoms with van der Waals surface area (Å²) in [4.78, 5) is 0. The molecule has 2 atom stereocenters. The molecule has 68 valence electrons. The van der Waals surface area contributed by atoms with Crippen LogP contribution < -0.4 is 0 Å². The predicted octanol–water partition coefficient (Wildman–Crippen LogP) is 2.22. The standard InChI is InChI=1S/C11H18O/c1-4-10(2)11(3)8-6-5-7-9-12/h1,6,8,10-12H,5,7,9H2,2-3H3/b8-6+. The molecule has 0 aliphatic carbocycles. The highest BCUT2D eigenvalue weighted by atomic mass is 16.2. The Labute approximate surface area is 75.5 Å². The predicted molar refractivity (Wildman–Crippen MR) is 52.6 cm³/mol. The van der Waals surface area contributed by atoms with Crippen molar-refractivity contribution in [2.75, 3.05) is 6.61 Å². The van der Waals surface area contributed by atoms with E-state index in [0.29, 0.717) is 11.8 Å². The van der Waals surface area contributed by atoms with Gasteiger partial charge in [0.1, 0.15) is 0 Å².